The van der Waals surface area contributed by atoms with Crippen LogP contribution in [0, 0.1) is 0 Å². The highest BCUT2D eigenvalue weighted by Crippen LogP contribution is 2.42. The van der Waals surface area contributed by atoms with Gasteiger partial charge >= 0.3 is 0 Å². The average Bonchev–Trinajstić information content (AvgIpc) is 2.90. The Morgan fingerprint density at radius 2 is 2.17 bits per heavy atom. The van der Waals surface area contributed by atoms with E-state index >= 15 is 0 Å². The molecule has 1 aliphatic heterocycles. The van der Waals surface area contributed by atoms with E-state index in [1.165, 1.54) is 24.0 Å². The zero-order chi connectivity index (χ0) is 13.1. The largest absolute Gasteiger partial charge is 0.493 e. The monoisotopic (exact) mass is 313 g/mol. The number of rotatable bonds is 4. The maximum absolute atomic E-state index is 5.54. The number of benzene rings is 1. The van der Waals surface area contributed by atoms with Gasteiger partial charge in [0.25, 0.3) is 0 Å². The van der Waals surface area contributed by atoms with Gasteiger partial charge in [-0.2, -0.15) is 0 Å². The molecule has 1 saturated heterocycles. The van der Waals surface area contributed by atoms with Crippen LogP contribution in [0.1, 0.15) is 36.9 Å². The summed E-state index contributed by atoms with van der Waals surface area (Å²) in [5.41, 5.74) is 2.57. The van der Waals surface area contributed by atoms with Gasteiger partial charge in [-0.3, -0.25) is 0 Å². The SMILES string of the molecule is CCc1c(OC)c(OC)cc(Br)c1C1CCCN1. The number of methoxy groups -OCH3 is 2. The molecule has 18 heavy (non-hydrogen) atoms. The predicted octanol–water partition coefficient (Wildman–Crippen LogP) is 3.45. The third-order valence-corrected chi connectivity index (χ3v) is 4.18. The smallest absolute Gasteiger partial charge is 0.164 e. The lowest BCUT2D eigenvalue weighted by Crippen LogP contribution is -2.16. The molecule has 1 N–H and O–H groups in total. The number of nitrogens with one attached hydrogen (secondary N) is 1. The number of hydrogen-bond donors (Lipinski definition) is 1. The Morgan fingerprint density at radius 3 is 2.67 bits per heavy atom. The molecular weight excluding hydrogens is 294 g/mol. The van der Waals surface area contributed by atoms with E-state index < -0.39 is 0 Å². The fraction of sp³-hybridized carbons (Fsp3) is 0.571. The topological polar surface area (TPSA) is 30.5 Å². The minimum absolute atomic E-state index is 0.425. The van der Waals surface area contributed by atoms with E-state index in [1.54, 1.807) is 14.2 Å². The molecule has 1 fully saturated rings. The van der Waals surface area contributed by atoms with Crippen LogP contribution in [-0.2, 0) is 6.42 Å². The minimum atomic E-state index is 0.425. The van der Waals surface area contributed by atoms with Crippen molar-refractivity contribution in [1.29, 1.82) is 0 Å². The Kier molecular flexibility index (Phi) is 4.51. The van der Waals surface area contributed by atoms with Crippen LogP contribution in [0.4, 0.5) is 0 Å². The molecule has 0 saturated carbocycles. The molecule has 1 unspecified atom stereocenters. The second-order valence-corrected chi connectivity index (χ2v) is 5.34. The second kappa shape index (κ2) is 5.93. The first-order valence-corrected chi connectivity index (χ1v) is 7.18. The molecule has 0 spiro atoms. The van der Waals surface area contributed by atoms with Crippen molar-refractivity contribution in [1.82, 2.24) is 5.32 Å². The summed E-state index contributed by atoms with van der Waals surface area (Å²) in [5.74, 6) is 1.66. The lowest BCUT2D eigenvalue weighted by atomic mass is 9.96. The Balaban J connectivity index is 2.56. The zero-order valence-corrected chi connectivity index (χ0v) is 12.8. The predicted molar refractivity (Wildman–Crippen MR) is 76.6 cm³/mol. The molecule has 1 aliphatic rings. The summed E-state index contributed by atoms with van der Waals surface area (Å²) in [7, 11) is 3.38. The third-order valence-electron chi connectivity index (χ3n) is 3.52. The van der Waals surface area contributed by atoms with Crippen LogP contribution in [0.15, 0.2) is 10.5 Å². The maximum Gasteiger partial charge on any atom is 0.164 e. The third kappa shape index (κ3) is 2.36. The van der Waals surface area contributed by atoms with Gasteiger partial charge in [-0.25, -0.2) is 0 Å². The van der Waals surface area contributed by atoms with Crippen molar-refractivity contribution >= 4 is 15.9 Å². The Morgan fingerprint density at radius 1 is 1.39 bits per heavy atom. The molecular formula is C14H20BrNO2. The molecule has 1 heterocycles. The summed E-state index contributed by atoms with van der Waals surface area (Å²) in [6.45, 7) is 3.25. The highest BCUT2D eigenvalue weighted by atomic mass is 79.9. The van der Waals surface area contributed by atoms with Crippen LogP contribution >= 0.6 is 15.9 Å². The van der Waals surface area contributed by atoms with Crippen LogP contribution in [0.5, 0.6) is 11.5 Å². The molecule has 2 rings (SSSR count). The van der Waals surface area contributed by atoms with Crippen LogP contribution < -0.4 is 14.8 Å². The van der Waals surface area contributed by atoms with Crippen molar-refractivity contribution in [2.45, 2.75) is 32.2 Å². The first-order valence-electron chi connectivity index (χ1n) is 6.39. The molecule has 1 atom stereocenters. The van der Waals surface area contributed by atoms with E-state index in [1.807, 2.05) is 6.07 Å². The van der Waals surface area contributed by atoms with Crippen molar-refractivity contribution in [3.63, 3.8) is 0 Å². The van der Waals surface area contributed by atoms with Gasteiger partial charge in [0.1, 0.15) is 0 Å². The van der Waals surface area contributed by atoms with Crippen LogP contribution in [0.3, 0.4) is 0 Å². The second-order valence-electron chi connectivity index (χ2n) is 4.49. The molecule has 1 aromatic rings. The van der Waals surface area contributed by atoms with Gasteiger partial charge in [-0.15, -0.1) is 0 Å². The summed E-state index contributed by atoms with van der Waals surface area (Å²) in [4.78, 5) is 0. The first-order chi connectivity index (χ1) is 8.72. The fourth-order valence-corrected chi connectivity index (χ4v) is 3.43. The molecule has 3 nitrogen and oxygen atoms in total. The molecule has 0 radical (unpaired) electrons. The summed E-state index contributed by atoms with van der Waals surface area (Å²) in [5, 5.41) is 3.55. The van der Waals surface area contributed by atoms with E-state index in [0.29, 0.717) is 6.04 Å². The highest BCUT2D eigenvalue weighted by molar-refractivity contribution is 9.10. The summed E-state index contributed by atoms with van der Waals surface area (Å²) < 4.78 is 12.0. The quantitative estimate of drug-likeness (QED) is 0.923. The standard InChI is InChI=1S/C14H20BrNO2/c1-4-9-13(11-6-5-7-16-11)10(15)8-12(17-2)14(9)18-3/h8,11,16H,4-7H2,1-3H3. The Bertz CT molecular complexity index is 428. The van der Waals surface area contributed by atoms with E-state index in [0.717, 1.165) is 28.9 Å². The van der Waals surface area contributed by atoms with Crippen molar-refractivity contribution in [3.05, 3.63) is 21.7 Å². The van der Waals surface area contributed by atoms with E-state index in [-0.39, 0.29) is 0 Å². The number of hydrogen-bond acceptors (Lipinski definition) is 3. The molecule has 100 valence electrons. The van der Waals surface area contributed by atoms with Crippen LogP contribution in [0.2, 0.25) is 0 Å². The molecule has 0 aromatic heterocycles. The van der Waals surface area contributed by atoms with Gasteiger partial charge in [0.05, 0.1) is 14.2 Å². The van der Waals surface area contributed by atoms with Gasteiger partial charge in [0.15, 0.2) is 11.5 Å². The van der Waals surface area contributed by atoms with Gasteiger partial charge < -0.3 is 14.8 Å². The fourth-order valence-electron chi connectivity index (χ4n) is 2.71. The molecule has 0 amide bonds. The lowest BCUT2D eigenvalue weighted by molar-refractivity contribution is 0.350. The molecule has 1 aromatic carbocycles. The Hall–Kier alpha value is -0.740. The number of halogens is 1. The maximum atomic E-state index is 5.54. The molecule has 0 aliphatic carbocycles. The van der Waals surface area contributed by atoms with Gasteiger partial charge in [0, 0.05) is 16.1 Å². The Labute approximate surface area is 117 Å². The van der Waals surface area contributed by atoms with Crippen molar-refractivity contribution < 1.29 is 9.47 Å². The minimum Gasteiger partial charge on any atom is -0.493 e. The van der Waals surface area contributed by atoms with E-state index in [9.17, 15) is 0 Å². The van der Waals surface area contributed by atoms with Gasteiger partial charge in [-0.05, 0) is 37.4 Å². The summed E-state index contributed by atoms with van der Waals surface area (Å²) in [6, 6.07) is 2.43. The highest BCUT2D eigenvalue weighted by Gasteiger charge is 2.25. The lowest BCUT2D eigenvalue weighted by Gasteiger charge is -2.21. The van der Waals surface area contributed by atoms with Crippen LogP contribution in [0.25, 0.3) is 0 Å². The van der Waals surface area contributed by atoms with Crippen molar-refractivity contribution in [2.24, 2.45) is 0 Å². The summed E-state index contributed by atoms with van der Waals surface area (Å²) >= 11 is 3.68. The van der Waals surface area contributed by atoms with E-state index in [4.69, 9.17) is 9.47 Å². The zero-order valence-electron chi connectivity index (χ0n) is 11.2. The van der Waals surface area contributed by atoms with Crippen molar-refractivity contribution in [3.8, 4) is 11.5 Å². The van der Waals surface area contributed by atoms with Crippen molar-refractivity contribution in [2.75, 3.05) is 20.8 Å². The first kappa shape index (κ1) is 13.7. The molecule has 0 bridgehead atoms. The number of ether oxygens (including phenoxy) is 2. The van der Waals surface area contributed by atoms with Gasteiger partial charge in [-0.1, -0.05) is 22.9 Å². The van der Waals surface area contributed by atoms with Crippen LogP contribution in [-0.4, -0.2) is 20.8 Å². The normalized spacial score (nSPS) is 19.0. The summed E-state index contributed by atoms with van der Waals surface area (Å²) in [6.07, 6.45) is 3.35. The molecule has 4 heteroatoms. The average molecular weight is 314 g/mol. The van der Waals surface area contributed by atoms with E-state index in [2.05, 4.69) is 28.2 Å². The van der Waals surface area contributed by atoms with Gasteiger partial charge in [0.2, 0.25) is 0 Å².